The lowest BCUT2D eigenvalue weighted by Gasteiger charge is -2.38. The number of carbonyl (C=O) groups excluding carboxylic acids is 2. The SMILES string of the molecule is C.C.Cc1nc(CC2CC(CN3Cc4nc(C(F)(F)F)ccc4C3=O)C2)nc2c1NC(=O)[C@H](C(C)C)N2C. The van der Waals surface area contributed by atoms with Gasteiger partial charge in [-0.25, -0.2) is 15.0 Å². The summed E-state index contributed by atoms with van der Waals surface area (Å²) in [6.07, 6.45) is -2.05. The highest BCUT2D eigenvalue weighted by Crippen LogP contribution is 2.39. The molecule has 0 unspecified atom stereocenters. The van der Waals surface area contributed by atoms with Crippen LogP contribution < -0.4 is 10.2 Å². The number of amides is 2. The summed E-state index contributed by atoms with van der Waals surface area (Å²) in [6.45, 7) is 6.49. The number of aryl methyl sites for hydroxylation is 1. The Morgan fingerprint density at radius 1 is 1.08 bits per heavy atom. The van der Waals surface area contributed by atoms with Gasteiger partial charge in [-0.05, 0) is 49.7 Å². The Balaban J connectivity index is 0.00000200. The summed E-state index contributed by atoms with van der Waals surface area (Å²) in [5.74, 6) is 1.93. The standard InChI is InChI=1S/C25H29F3N6O2.2CH4/c1-12(2)21-23(35)32-20-13(3)29-19(31-22(20)33(21)4)9-14-7-15(8-14)10-34-11-17-16(24(34)36)5-6-18(30-17)25(26,27)28;;/h5-6,12,14-15,21H,7-11H2,1-4H3,(H,32,35);2*1H4/t14?,15?,21-;;/m0../s1. The van der Waals surface area contributed by atoms with Crippen LogP contribution in [0.5, 0.6) is 0 Å². The Morgan fingerprint density at radius 3 is 2.39 bits per heavy atom. The minimum Gasteiger partial charge on any atom is -0.346 e. The number of hydrogen-bond acceptors (Lipinski definition) is 6. The van der Waals surface area contributed by atoms with E-state index in [2.05, 4.69) is 15.3 Å². The molecule has 8 nitrogen and oxygen atoms in total. The summed E-state index contributed by atoms with van der Waals surface area (Å²) < 4.78 is 38.9. The molecule has 0 bridgehead atoms. The molecule has 4 heterocycles. The van der Waals surface area contributed by atoms with Crippen molar-refractivity contribution in [2.75, 3.05) is 23.8 Å². The first-order valence-corrected chi connectivity index (χ1v) is 12.2. The van der Waals surface area contributed by atoms with Gasteiger partial charge in [0.2, 0.25) is 5.91 Å². The predicted octanol–water partition coefficient (Wildman–Crippen LogP) is 5.11. The molecule has 1 aliphatic carbocycles. The third-order valence-corrected chi connectivity index (χ3v) is 7.42. The van der Waals surface area contributed by atoms with Gasteiger partial charge >= 0.3 is 6.18 Å². The summed E-state index contributed by atoms with van der Waals surface area (Å²) >= 11 is 0. The minimum absolute atomic E-state index is 0. The molecule has 1 saturated carbocycles. The molecule has 0 radical (unpaired) electrons. The van der Waals surface area contributed by atoms with Crippen molar-refractivity contribution in [3.8, 4) is 0 Å². The molecule has 0 aromatic carbocycles. The van der Waals surface area contributed by atoms with E-state index in [1.54, 1.807) is 4.90 Å². The van der Waals surface area contributed by atoms with Gasteiger partial charge in [0.25, 0.3) is 5.91 Å². The van der Waals surface area contributed by atoms with Crippen LogP contribution in [0, 0.1) is 24.7 Å². The number of nitrogens with zero attached hydrogens (tertiary/aromatic N) is 5. The van der Waals surface area contributed by atoms with Crippen molar-refractivity contribution < 1.29 is 22.8 Å². The molecule has 0 spiro atoms. The first-order valence-electron chi connectivity index (χ1n) is 12.2. The maximum Gasteiger partial charge on any atom is 0.433 e. The van der Waals surface area contributed by atoms with Crippen LogP contribution >= 0.6 is 0 Å². The lowest BCUT2D eigenvalue weighted by atomic mass is 9.73. The third-order valence-electron chi connectivity index (χ3n) is 7.42. The van der Waals surface area contributed by atoms with E-state index in [0.29, 0.717) is 24.6 Å². The first-order chi connectivity index (χ1) is 16.9. The molecule has 1 atom stereocenters. The van der Waals surface area contributed by atoms with Crippen molar-refractivity contribution in [1.82, 2.24) is 19.9 Å². The zero-order valence-corrected chi connectivity index (χ0v) is 20.7. The smallest absolute Gasteiger partial charge is 0.346 e. The van der Waals surface area contributed by atoms with E-state index in [0.717, 1.165) is 36.2 Å². The molecule has 2 aromatic heterocycles. The van der Waals surface area contributed by atoms with Crippen LogP contribution in [0.25, 0.3) is 0 Å². The second-order valence-electron chi connectivity index (χ2n) is 10.5. The van der Waals surface area contributed by atoms with E-state index in [4.69, 9.17) is 4.98 Å². The fourth-order valence-corrected chi connectivity index (χ4v) is 5.67. The van der Waals surface area contributed by atoms with E-state index in [-0.39, 0.29) is 62.3 Å². The Labute approximate surface area is 222 Å². The summed E-state index contributed by atoms with van der Waals surface area (Å²) in [5.41, 5.74) is 0.876. The fraction of sp³-hybridized carbons (Fsp3) is 0.593. The van der Waals surface area contributed by atoms with E-state index >= 15 is 0 Å². The number of anilines is 2. The van der Waals surface area contributed by atoms with Gasteiger partial charge in [-0.3, -0.25) is 9.59 Å². The highest BCUT2D eigenvalue weighted by Gasteiger charge is 2.39. The Kier molecular flexibility index (Phi) is 8.10. The van der Waals surface area contributed by atoms with Gasteiger partial charge in [-0.1, -0.05) is 28.7 Å². The molecule has 11 heteroatoms. The van der Waals surface area contributed by atoms with Crippen LogP contribution in [0.1, 0.15) is 74.8 Å². The van der Waals surface area contributed by atoms with Gasteiger partial charge < -0.3 is 15.1 Å². The molecule has 2 aromatic rings. The average Bonchev–Trinajstić information content (AvgIpc) is 3.07. The van der Waals surface area contributed by atoms with Crippen LogP contribution in [0.4, 0.5) is 24.7 Å². The van der Waals surface area contributed by atoms with E-state index in [1.165, 1.54) is 6.07 Å². The molecule has 0 saturated heterocycles. The summed E-state index contributed by atoms with van der Waals surface area (Å²) in [7, 11) is 1.88. The van der Waals surface area contributed by atoms with E-state index in [9.17, 15) is 22.8 Å². The number of nitrogens with one attached hydrogen (secondary N) is 1. The van der Waals surface area contributed by atoms with E-state index in [1.807, 2.05) is 32.7 Å². The van der Waals surface area contributed by atoms with Gasteiger partial charge in [-0.2, -0.15) is 13.2 Å². The second-order valence-corrected chi connectivity index (χ2v) is 10.5. The number of likely N-dealkylation sites (N-methyl/N-ethyl adjacent to an activating group) is 1. The van der Waals surface area contributed by atoms with Gasteiger partial charge in [0, 0.05) is 20.0 Å². The second kappa shape index (κ2) is 10.5. The molecular formula is C27H37F3N6O2. The average molecular weight is 535 g/mol. The van der Waals surface area contributed by atoms with Gasteiger partial charge in [0.15, 0.2) is 5.82 Å². The molecule has 1 fully saturated rings. The zero-order chi connectivity index (χ0) is 25.9. The monoisotopic (exact) mass is 534 g/mol. The first kappa shape index (κ1) is 29.3. The minimum atomic E-state index is -4.53. The zero-order valence-electron chi connectivity index (χ0n) is 20.7. The van der Waals surface area contributed by atoms with Crippen molar-refractivity contribution in [2.24, 2.45) is 17.8 Å². The molecule has 208 valence electrons. The van der Waals surface area contributed by atoms with Crippen LogP contribution in [-0.4, -0.2) is 51.3 Å². The molecular weight excluding hydrogens is 497 g/mol. The number of rotatable bonds is 5. The highest BCUT2D eigenvalue weighted by atomic mass is 19.4. The maximum atomic E-state index is 13.0. The lowest BCUT2D eigenvalue weighted by molar-refractivity contribution is -0.141. The van der Waals surface area contributed by atoms with Crippen molar-refractivity contribution in [1.29, 1.82) is 0 Å². The van der Waals surface area contributed by atoms with Gasteiger partial charge in [0.1, 0.15) is 23.2 Å². The van der Waals surface area contributed by atoms with Gasteiger partial charge in [-0.15, -0.1) is 0 Å². The molecule has 2 aliphatic heterocycles. The fourth-order valence-electron chi connectivity index (χ4n) is 5.67. The number of aromatic nitrogens is 3. The number of pyridine rings is 1. The summed E-state index contributed by atoms with van der Waals surface area (Å²) in [5, 5.41) is 2.96. The number of alkyl halides is 3. The number of carbonyl (C=O) groups is 2. The third kappa shape index (κ3) is 5.19. The predicted molar refractivity (Wildman–Crippen MR) is 140 cm³/mol. The summed E-state index contributed by atoms with van der Waals surface area (Å²) in [4.78, 5) is 41.8. The summed E-state index contributed by atoms with van der Waals surface area (Å²) in [6, 6.07) is 1.80. The largest absolute Gasteiger partial charge is 0.433 e. The van der Waals surface area contributed by atoms with Crippen LogP contribution in [0.2, 0.25) is 0 Å². The Bertz CT molecular complexity index is 1230. The van der Waals surface area contributed by atoms with Crippen molar-refractivity contribution >= 4 is 23.3 Å². The topological polar surface area (TPSA) is 91.3 Å². The molecule has 5 rings (SSSR count). The number of hydrogen-bond donors (Lipinski definition) is 1. The Morgan fingerprint density at radius 2 is 1.76 bits per heavy atom. The molecule has 3 aliphatic rings. The maximum absolute atomic E-state index is 13.0. The highest BCUT2D eigenvalue weighted by molar-refractivity contribution is 6.03. The van der Waals surface area contributed by atoms with Crippen molar-refractivity contribution in [3.05, 3.63) is 40.6 Å². The van der Waals surface area contributed by atoms with Crippen LogP contribution in [-0.2, 0) is 23.9 Å². The molecule has 1 N–H and O–H groups in total. The lowest BCUT2D eigenvalue weighted by Crippen LogP contribution is -2.49. The van der Waals surface area contributed by atoms with Gasteiger partial charge in [0.05, 0.1) is 23.5 Å². The Hall–Kier alpha value is -3.24. The number of fused-ring (bicyclic) bond motifs is 2. The molecule has 2 amide bonds. The number of halogens is 3. The normalized spacial score (nSPS) is 22.3. The van der Waals surface area contributed by atoms with Crippen molar-refractivity contribution in [2.45, 2.75) is 73.6 Å². The quantitative estimate of drug-likeness (QED) is 0.573. The molecule has 38 heavy (non-hydrogen) atoms. The van der Waals surface area contributed by atoms with E-state index < -0.39 is 11.9 Å². The van der Waals surface area contributed by atoms with Crippen molar-refractivity contribution in [3.63, 3.8) is 0 Å². The van der Waals surface area contributed by atoms with Crippen LogP contribution in [0.3, 0.4) is 0 Å². The van der Waals surface area contributed by atoms with Crippen LogP contribution in [0.15, 0.2) is 12.1 Å².